The van der Waals surface area contributed by atoms with Crippen LogP contribution in [0.2, 0.25) is 10.0 Å². The van der Waals surface area contributed by atoms with E-state index in [1.807, 2.05) is 18.2 Å². The molecule has 0 aromatic heterocycles. The van der Waals surface area contributed by atoms with Crippen molar-refractivity contribution in [3.63, 3.8) is 0 Å². The number of likely N-dealkylation sites (tertiary alicyclic amines) is 1. The molecule has 1 heterocycles. The molecule has 1 aliphatic heterocycles. The van der Waals surface area contributed by atoms with Crippen LogP contribution in [0.1, 0.15) is 31.2 Å². The molecule has 1 N–H and O–H groups in total. The third-order valence-corrected chi connectivity index (χ3v) is 4.69. The largest absolute Gasteiger partial charge is 0.312 e. The molecule has 2 nitrogen and oxygen atoms in total. The van der Waals surface area contributed by atoms with E-state index in [1.165, 1.54) is 37.8 Å². The molecule has 2 fully saturated rings. The van der Waals surface area contributed by atoms with Gasteiger partial charge in [-0.05, 0) is 49.9 Å². The maximum absolute atomic E-state index is 6.27. The molecule has 0 bridgehead atoms. The van der Waals surface area contributed by atoms with Gasteiger partial charge in [0.2, 0.25) is 0 Å². The van der Waals surface area contributed by atoms with Crippen molar-refractivity contribution in [1.82, 2.24) is 10.2 Å². The Morgan fingerprint density at radius 1 is 1.21 bits per heavy atom. The lowest BCUT2D eigenvalue weighted by Gasteiger charge is -2.25. The summed E-state index contributed by atoms with van der Waals surface area (Å²) >= 11 is 12.2. The van der Waals surface area contributed by atoms with Crippen molar-refractivity contribution < 1.29 is 0 Å². The lowest BCUT2D eigenvalue weighted by Crippen LogP contribution is -2.38. The number of hydrogen-bond donors (Lipinski definition) is 1. The quantitative estimate of drug-likeness (QED) is 0.891. The molecule has 19 heavy (non-hydrogen) atoms. The summed E-state index contributed by atoms with van der Waals surface area (Å²) in [7, 11) is 0. The molecular formula is C15H20Cl2N2. The Hall–Kier alpha value is -0.280. The predicted molar refractivity (Wildman–Crippen MR) is 80.9 cm³/mol. The zero-order valence-electron chi connectivity index (χ0n) is 11.0. The first kappa shape index (κ1) is 13.7. The van der Waals surface area contributed by atoms with Crippen molar-refractivity contribution in [2.75, 3.05) is 13.1 Å². The van der Waals surface area contributed by atoms with Gasteiger partial charge in [0, 0.05) is 35.2 Å². The molecule has 1 aromatic rings. The van der Waals surface area contributed by atoms with Gasteiger partial charge in [0.15, 0.2) is 0 Å². The van der Waals surface area contributed by atoms with Gasteiger partial charge in [0.25, 0.3) is 0 Å². The van der Waals surface area contributed by atoms with Crippen LogP contribution >= 0.6 is 23.2 Å². The number of rotatable bonds is 5. The Bertz CT molecular complexity index is 446. The summed E-state index contributed by atoms with van der Waals surface area (Å²) in [4.78, 5) is 2.55. The van der Waals surface area contributed by atoms with E-state index in [1.54, 1.807) is 0 Å². The summed E-state index contributed by atoms with van der Waals surface area (Å²) in [6.45, 7) is 3.23. The zero-order valence-corrected chi connectivity index (χ0v) is 12.6. The molecule has 1 unspecified atom stereocenters. The Morgan fingerprint density at radius 2 is 2.05 bits per heavy atom. The third kappa shape index (κ3) is 3.63. The van der Waals surface area contributed by atoms with E-state index in [9.17, 15) is 0 Å². The average Bonchev–Trinajstić information content (AvgIpc) is 3.11. The second-order valence-electron chi connectivity index (χ2n) is 5.68. The van der Waals surface area contributed by atoms with Crippen LogP contribution in [0.3, 0.4) is 0 Å². The molecule has 2 aliphatic rings. The van der Waals surface area contributed by atoms with Crippen LogP contribution in [0.4, 0.5) is 0 Å². The molecule has 3 rings (SSSR count). The fraction of sp³-hybridized carbons (Fsp3) is 0.600. The zero-order chi connectivity index (χ0) is 13.2. The van der Waals surface area contributed by atoms with Gasteiger partial charge in [0.1, 0.15) is 0 Å². The standard InChI is InChI=1S/C15H20Cl2N2/c16-12-4-3-11(15(17)8-12)10-19-7-1-2-14(19)9-18-13-5-6-13/h3-4,8,13-14,18H,1-2,5-7,9-10H2. The minimum atomic E-state index is 0.660. The predicted octanol–water partition coefficient (Wildman–Crippen LogP) is 3.71. The van der Waals surface area contributed by atoms with Crippen LogP contribution in [-0.4, -0.2) is 30.1 Å². The van der Waals surface area contributed by atoms with Crippen molar-refractivity contribution in [1.29, 1.82) is 0 Å². The second kappa shape index (κ2) is 6.01. The molecule has 104 valence electrons. The maximum Gasteiger partial charge on any atom is 0.0465 e. The maximum atomic E-state index is 6.27. The van der Waals surface area contributed by atoms with E-state index in [2.05, 4.69) is 10.2 Å². The molecule has 1 aromatic carbocycles. The van der Waals surface area contributed by atoms with Gasteiger partial charge in [-0.2, -0.15) is 0 Å². The first-order valence-corrected chi connectivity index (χ1v) is 7.89. The van der Waals surface area contributed by atoms with Crippen molar-refractivity contribution in [2.45, 2.75) is 44.3 Å². The number of halogens is 2. The molecule has 1 atom stereocenters. The fourth-order valence-electron chi connectivity index (χ4n) is 2.79. The fourth-order valence-corrected chi connectivity index (χ4v) is 3.26. The van der Waals surface area contributed by atoms with E-state index in [0.29, 0.717) is 11.1 Å². The molecule has 1 aliphatic carbocycles. The second-order valence-corrected chi connectivity index (χ2v) is 6.53. The van der Waals surface area contributed by atoms with Crippen LogP contribution in [0.15, 0.2) is 18.2 Å². The Kier molecular flexibility index (Phi) is 4.33. The summed E-state index contributed by atoms with van der Waals surface area (Å²) < 4.78 is 0. The third-order valence-electron chi connectivity index (χ3n) is 4.11. The van der Waals surface area contributed by atoms with Crippen molar-refractivity contribution in [3.05, 3.63) is 33.8 Å². The number of nitrogens with one attached hydrogen (secondary N) is 1. The summed E-state index contributed by atoms with van der Waals surface area (Å²) in [5.41, 5.74) is 1.18. The van der Waals surface area contributed by atoms with Gasteiger partial charge in [-0.25, -0.2) is 0 Å². The summed E-state index contributed by atoms with van der Waals surface area (Å²) in [5, 5.41) is 5.14. The van der Waals surface area contributed by atoms with Crippen molar-refractivity contribution >= 4 is 23.2 Å². The minimum absolute atomic E-state index is 0.660. The van der Waals surface area contributed by atoms with Gasteiger partial charge in [-0.3, -0.25) is 4.90 Å². The van der Waals surface area contributed by atoms with Crippen LogP contribution in [-0.2, 0) is 6.54 Å². The van der Waals surface area contributed by atoms with E-state index in [4.69, 9.17) is 23.2 Å². The SMILES string of the molecule is Clc1ccc(CN2CCCC2CNC2CC2)c(Cl)c1. The molecule has 0 amide bonds. The van der Waals surface area contributed by atoms with Crippen LogP contribution in [0.5, 0.6) is 0 Å². The minimum Gasteiger partial charge on any atom is -0.312 e. The van der Waals surface area contributed by atoms with E-state index < -0.39 is 0 Å². The van der Waals surface area contributed by atoms with Gasteiger partial charge >= 0.3 is 0 Å². The molecule has 1 saturated heterocycles. The van der Waals surface area contributed by atoms with Gasteiger partial charge in [-0.1, -0.05) is 29.3 Å². The van der Waals surface area contributed by atoms with Crippen LogP contribution in [0, 0.1) is 0 Å². The Morgan fingerprint density at radius 3 is 2.79 bits per heavy atom. The number of benzene rings is 1. The molecule has 4 heteroatoms. The molecule has 1 saturated carbocycles. The van der Waals surface area contributed by atoms with E-state index >= 15 is 0 Å². The first-order valence-electron chi connectivity index (χ1n) is 7.14. The first-order chi connectivity index (χ1) is 9.22. The Labute approximate surface area is 125 Å². The lowest BCUT2D eigenvalue weighted by atomic mass is 10.1. The average molecular weight is 299 g/mol. The molecular weight excluding hydrogens is 279 g/mol. The number of hydrogen-bond acceptors (Lipinski definition) is 2. The normalized spacial score (nSPS) is 24.0. The molecule has 0 spiro atoms. The van der Waals surface area contributed by atoms with Crippen LogP contribution in [0.25, 0.3) is 0 Å². The van der Waals surface area contributed by atoms with Crippen molar-refractivity contribution in [3.8, 4) is 0 Å². The molecule has 0 radical (unpaired) electrons. The highest BCUT2D eigenvalue weighted by Gasteiger charge is 2.27. The lowest BCUT2D eigenvalue weighted by molar-refractivity contribution is 0.239. The highest BCUT2D eigenvalue weighted by atomic mass is 35.5. The van der Waals surface area contributed by atoms with E-state index in [0.717, 1.165) is 24.2 Å². The summed E-state index contributed by atoms with van der Waals surface area (Å²) in [5.74, 6) is 0. The summed E-state index contributed by atoms with van der Waals surface area (Å²) in [6, 6.07) is 7.27. The van der Waals surface area contributed by atoms with Crippen molar-refractivity contribution in [2.24, 2.45) is 0 Å². The van der Waals surface area contributed by atoms with Gasteiger partial charge in [0.05, 0.1) is 0 Å². The topological polar surface area (TPSA) is 15.3 Å². The van der Waals surface area contributed by atoms with Gasteiger partial charge < -0.3 is 5.32 Å². The van der Waals surface area contributed by atoms with E-state index in [-0.39, 0.29) is 0 Å². The highest BCUT2D eigenvalue weighted by Crippen LogP contribution is 2.26. The number of nitrogens with zero attached hydrogens (tertiary/aromatic N) is 1. The van der Waals surface area contributed by atoms with Gasteiger partial charge in [-0.15, -0.1) is 0 Å². The van der Waals surface area contributed by atoms with Crippen LogP contribution < -0.4 is 5.32 Å². The smallest absolute Gasteiger partial charge is 0.0465 e. The highest BCUT2D eigenvalue weighted by molar-refractivity contribution is 6.35. The Balaban J connectivity index is 1.60. The summed E-state index contributed by atoms with van der Waals surface area (Å²) in [6.07, 6.45) is 5.30. The monoisotopic (exact) mass is 298 g/mol.